The Morgan fingerprint density at radius 1 is 1.16 bits per heavy atom. The summed E-state index contributed by atoms with van der Waals surface area (Å²) in [5.41, 5.74) is 5.01. The first-order chi connectivity index (χ1) is 20.2. The van der Waals surface area contributed by atoms with Crippen molar-refractivity contribution in [2.75, 3.05) is 23.4 Å². The average Bonchev–Trinajstić information content (AvgIpc) is 3.33. The molecule has 226 valence electrons. The van der Waals surface area contributed by atoms with Gasteiger partial charge < -0.3 is 14.6 Å². The van der Waals surface area contributed by atoms with Crippen molar-refractivity contribution >= 4 is 27.3 Å². The Hall–Kier alpha value is -4.19. The quantitative estimate of drug-likeness (QED) is 0.302. The van der Waals surface area contributed by atoms with Gasteiger partial charge in [0.2, 0.25) is 10.0 Å². The number of aromatic nitrogens is 5. The molecular formula is C31H37N7O4S. The van der Waals surface area contributed by atoms with E-state index >= 15 is 0 Å². The number of nitrogens with zero attached hydrogens (tertiary/aromatic N) is 5. The number of rotatable bonds is 7. The minimum absolute atomic E-state index is 0.154. The van der Waals surface area contributed by atoms with E-state index in [1.807, 2.05) is 46.2 Å². The number of hydrogen-bond acceptors (Lipinski definition) is 7. The lowest BCUT2D eigenvalue weighted by atomic mass is 9.86. The lowest BCUT2D eigenvalue weighted by molar-refractivity contribution is 0.102. The summed E-state index contributed by atoms with van der Waals surface area (Å²) in [7, 11) is -2.16. The zero-order valence-corrected chi connectivity index (χ0v) is 26.3. The molecule has 0 radical (unpaired) electrons. The van der Waals surface area contributed by atoms with E-state index in [1.54, 1.807) is 28.9 Å². The number of methoxy groups -OCH3 is 1. The highest BCUT2D eigenvalue weighted by Crippen LogP contribution is 2.58. The Labute approximate surface area is 251 Å². The van der Waals surface area contributed by atoms with Gasteiger partial charge in [-0.3, -0.25) is 9.52 Å². The number of carbonyl (C=O) groups excluding carboxylic acids is 1. The molecule has 6 rings (SSSR count). The van der Waals surface area contributed by atoms with Crippen LogP contribution in [-0.2, 0) is 27.4 Å². The number of ether oxygens (including phenoxy) is 1. The fourth-order valence-electron chi connectivity index (χ4n) is 6.16. The predicted molar refractivity (Wildman–Crippen MR) is 166 cm³/mol. The fourth-order valence-corrected chi connectivity index (χ4v) is 6.71. The van der Waals surface area contributed by atoms with Gasteiger partial charge in [-0.15, -0.1) is 5.10 Å². The number of sulfonamides is 1. The monoisotopic (exact) mass is 603 g/mol. The molecule has 2 aromatic carbocycles. The molecule has 43 heavy (non-hydrogen) atoms. The highest BCUT2D eigenvalue weighted by Gasteiger charge is 2.57. The molecule has 1 aliphatic carbocycles. The van der Waals surface area contributed by atoms with Gasteiger partial charge in [0.1, 0.15) is 11.5 Å². The van der Waals surface area contributed by atoms with Crippen LogP contribution in [0.2, 0.25) is 0 Å². The normalized spacial score (nSPS) is 19.4. The number of hydrogen-bond donors (Lipinski definition) is 2. The number of fused-ring (bicyclic) bond motifs is 2. The first kappa shape index (κ1) is 28.9. The second-order valence-electron chi connectivity index (χ2n) is 12.8. The van der Waals surface area contributed by atoms with Crippen molar-refractivity contribution in [3.63, 3.8) is 0 Å². The third-order valence-corrected chi connectivity index (χ3v) is 9.25. The van der Waals surface area contributed by atoms with E-state index in [9.17, 15) is 13.2 Å². The molecule has 0 saturated heterocycles. The first-order valence-corrected chi connectivity index (χ1v) is 16.2. The number of amides is 1. The van der Waals surface area contributed by atoms with Gasteiger partial charge in [-0.2, -0.15) is 0 Å². The van der Waals surface area contributed by atoms with Gasteiger partial charge in [0.25, 0.3) is 5.91 Å². The Kier molecular flexibility index (Phi) is 6.68. The molecule has 1 amide bonds. The number of aryl methyl sites for hydroxylation is 2. The zero-order chi connectivity index (χ0) is 30.9. The van der Waals surface area contributed by atoms with E-state index < -0.39 is 10.0 Å². The van der Waals surface area contributed by atoms with Crippen LogP contribution in [0.25, 0.3) is 17.1 Å². The SMILES string of the molecule is COc1c(NC(=O)c2ccc(C)c(-n3cc(-c4cnc5n4[C@]4(CC5)C[C@@H]4C)nn3)c2)cc(C(C)(C)C)cc1NS(C)(=O)=O. The summed E-state index contributed by atoms with van der Waals surface area (Å²) in [4.78, 5) is 18.3. The van der Waals surface area contributed by atoms with E-state index in [4.69, 9.17) is 4.74 Å². The number of carbonyl (C=O) groups is 1. The Balaban J connectivity index is 1.32. The first-order valence-electron chi connectivity index (χ1n) is 14.3. The van der Waals surface area contributed by atoms with Crippen LogP contribution in [0.1, 0.15) is 67.8 Å². The van der Waals surface area contributed by atoms with Gasteiger partial charge >= 0.3 is 0 Å². The summed E-state index contributed by atoms with van der Waals surface area (Å²) < 4.78 is 36.3. The van der Waals surface area contributed by atoms with Gasteiger partial charge in [-0.05, 0) is 66.5 Å². The highest BCUT2D eigenvalue weighted by atomic mass is 32.2. The van der Waals surface area contributed by atoms with Crippen LogP contribution in [-0.4, -0.2) is 52.2 Å². The van der Waals surface area contributed by atoms with Crippen molar-refractivity contribution in [1.29, 1.82) is 0 Å². The van der Waals surface area contributed by atoms with Crippen LogP contribution in [0.4, 0.5) is 11.4 Å². The predicted octanol–water partition coefficient (Wildman–Crippen LogP) is 5.05. The minimum atomic E-state index is -3.60. The average molecular weight is 604 g/mol. The topological polar surface area (TPSA) is 133 Å². The van der Waals surface area contributed by atoms with Gasteiger partial charge in [-0.1, -0.05) is 39.0 Å². The van der Waals surface area contributed by atoms with Crippen molar-refractivity contribution < 1.29 is 17.9 Å². The standard InChI is InChI=1S/C31H37N7O4S/c1-18-8-9-20(29(39)33-22-13-21(30(3,4)5)14-23(28(22)42-6)35-43(7,40)41)12-25(18)37-17-24(34-36-37)26-16-32-27-10-11-31(38(26)27)15-19(31)2/h8-9,12-14,16-17,19,35H,10-11,15H2,1-7H3,(H,33,39)/t19-,31+/m0/s1. The van der Waals surface area contributed by atoms with Gasteiger partial charge in [-0.25, -0.2) is 18.1 Å². The minimum Gasteiger partial charge on any atom is -0.492 e. The number of nitrogens with one attached hydrogen (secondary N) is 2. The van der Waals surface area contributed by atoms with E-state index in [-0.39, 0.29) is 28.3 Å². The molecule has 1 spiro atoms. The summed E-state index contributed by atoms with van der Waals surface area (Å²) >= 11 is 0. The second kappa shape index (κ2) is 9.94. The summed E-state index contributed by atoms with van der Waals surface area (Å²) in [5, 5.41) is 11.8. The van der Waals surface area contributed by atoms with Crippen molar-refractivity contribution in [3.8, 4) is 22.8 Å². The van der Waals surface area contributed by atoms with E-state index in [0.29, 0.717) is 17.2 Å². The molecule has 0 bridgehead atoms. The number of anilines is 2. The Morgan fingerprint density at radius 2 is 1.88 bits per heavy atom. The molecule has 1 saturated carbocycles. The maximum Gasteiger partial charge on any atom is 0.255 e. The van der Waals surface area contributed by atoms with Crippen LogP contribution >= 0.6 is 0 Å². The summed E-state index contributed by atoms with van der Waals surface area (Å²) in [5.74, 6) is 1.56. The van der Waals surface area contributed by atoms with E-state index in [0.717, 1.165) is 59.5 Å². The molecular weight excluding hydrogens is 566 g/mol. The Bertz CT molecular complexity index is 1870. The molecule has 2 aliphatic rings. The van der Waals surface area contributed by atoms with Crippen molar-refractivity contribution in [3.05, 3.63) is 65.2 Å². The summed E-state index contributed by atoms with van der Waals surface area (Å²) in [6, 6.07) is 8.90. The number of imidazole rings is 1. The van der Waals surface area contributed by atoms with Crippen LogP contribution in [0.3, 0.4) is 0 Å². The molecule has 3 heterocycles. The second-order valence-corrected chi connectivity index (χ2v) is 14.6. The molecule has 4 aromatic rings. The molecule has 12 heteroatoms. The largest absolute Gasteiger partial charge is 0.492 e. The van der Waals surface area contributed by atoms with Crippen LogP contribution in [0.5, 0.6) is 5.75 Å². The molecule has 2 N–H and O–H groups in total. The van der Waals surface area contributed by atoms with Crippen molar-refractivity contribution in [2.24, 2.45) is 5.92 Å². The maximum absolute atomic E-state index is 13.6. The molecule has 2 atom stereocenters. The molecule has 0 unspecified atom stereocenters. The van der Waals surface area contributed by atoms with Gasteiger partial charge in [0, 0.05) is 17.5 Å². The third-order valence-electron chi connectivity index (χ3n) is 8.66. The van der Waals surface area contributed by atoms with Gasteiger partial charge in [0.05, 0.1) is 48.5 Å². The smallest absolute Gasteiger partial charge is 0.255 e. The highest BCUT2D eigenvalue weighted by molar-refractivity contribution is 7.92. The zero-order valence-electron chi connectivity index (χ0n) is 25.5. The third kappa shape index (κ3) is 5.17. The fraction of sp³-hybridized carbons (Fsp3) is 0.419. The molecule has 11 nitrogen and oxygen atoms in total. The van der Waals surface area contributed by atoms with E-state index in [2.05, 4.69) is 36.8 Å². The van der Waals surface area contributed by atoms with Crippen LogP contribution in [0.15, 0.2) is 42.7 Å². The maximum atomic E-state index is 13.6. The Morgan fingerprint density at radius 3 is 2.53 bits per heavy atom. The van der Waals surface area contributed by atoms with E-state index in [1.165, 1.54) is 7.11 Å². The molecule has 2 aromatic heterocycles. The molecule has 1 fully saturated rings. The molecule has 1 aliphatic heterocycles. The summed E-state index contributed by atoms with van der Waals surface area (Å²) in [6.07, 6.45) is 8.09. The van der Waals surface area contributed by atoms with Gasteiger partial charge in [0.15, 0.2) is 5.75 Å². The van der Waals surface area contributed by atoms with Crippen molar-refractivity contribution in [1.82, 2.24) is 24.5 Å². The van der Waals surface area contributed by atoms with Crippen molar-refractivity contribution in [2.45, 2.75) is 64.8 Å². The van der Waals surface area contributed by atoms with Crippen LogP contribution < -0.4 is 14.8 Å². The lowest BCUT2D eigenvalue weighted by Gasteiger charge is -2.24. The summed E-state index contributed by atoms with van der Waals surface area (Å²) in [6.45, 7) is 10.3. The van der Waals surface area contributed by atoms with Crippen LogP contribution in [0, 0.1) is 12.8 Å². The number of benzene rings is 2. The lowest BCUT2D eigenvalue weighted by Crippen LogP contribution is -2.18.